The first-order valence-corrected chi connectivity index (χ1v) is 32.9. The molecule has 2 aliphatic rings. The Hall–Kier alpha value is -10.1. The standard InChI is InChI=1S/C25H16.C14H10.C12H10.C10H8.2C7H8.C6H6.5C2H6/c1-5-13-21-17(9-1)18-10-2-6-14-22(18)25(21)23-15-7-3-11-19(23)20-12-4-8-16-24(20)25;1-2-6-12-10-14-8-4-3-7-13(14)9-11(12)5-1;1-3-7-11(8-4-1)12-9-5-2-6-10-12;1-2-6-10-8-4-3-7-9(10)5-1;2*1-7-5-3-2-4-6-7;1-2-4-6-5-3-1;5*1-2/h1-16H;1-10H;1-10H;1-8H;2*2-6H,1H3;1-6H;5*1-2H3. The Morgan fingerprint density at radius 2 is 0.330 bits per heavy atom. The average molecular weight is 1190 g/mol. The number of fused-ring (bicyclic) bond motifs is 13. The highest BCUT2D eigenvalue weighted by Gasteiger charge is 2.51. The fourth-order valence-electron chi connectivity index (χ4n) is 10.8. The number of aryl methyl sites for hydroxylation is 2. The maximum atomic E-state index is 2.31. The first-order chi connectivity index (χ1) is 45.1. The Kier molecular flexibility index (Phi) is 32.4. The molecule has 0 aromatic heterocycles. The van der Waals surface area contributed by atoms with Crippen LogP contribution in [0.4, 0.5) is 0 Å². The van der Waals surface area contributed by atoms with Crippen molar-refractivity contribution in [2.24, 2.45) is 0 Å². The summed E-state index contributed by atoms with van der Waals surface area (Å²) in [6.07, 6.45) is 0. The van der Waals surface area contributed by atoms with Crippen molar-refractivity contribution in [3.8, 4) is 33.4 Å². The number of benzene rings is 14. The van der Waals surface area contributed by atoms with E-state index in [1.807, 2.05) is 154 Å². The van der Waals surface area contributed by atoms with Gasteiger partial charge in [-0.25, -0.2) is 0 Å². The summed E-state index contributed by atoms with van der Waals surface area (Å²) in [4.78, 5) is 0. The lowest BCUT2D eigenvalue weighted by molar-refractivity contribution is 0.794. The zero-order valence-corrected chi connectivity index (χ0v) is 56.1. The molecule has 0 radical (unpaired) electrons. The summed E-state index contributed by atoms with van der Waals surface area (Å²) in [7, 11) is 0. The van der Waals surface area contributed by atoms with Crippen LogP contribution in [0.1, 0.15) is 103 Å². The van der Waals surface area contributed by atoms with Crippen molar-refractivity contribution in [1.82, 2.24) is 0 Å². The fraction of sp³-hybridized carbons (Fsp3) is 0.143. The van der Waals surface area contributed by atoms with E-state index in [0.717, 1.165) is 0 Å². The SMILES string of the molecule is CC.CC.CC.CC.CC.Cc1ccccc1.Cc1ccccc1.c1ccc(-c2ccccc2)cc1.c1ccc2c(c1)-c1ccccc1C21c2ccccc2-c2ccccc21.c1ccc2cc3ccccc3cc2c1.c1ccc2ccccc2c1.c1ccccc1. The van der Waals surface area contributed by atoms with Crippen molar-refractivity contribution in [3.05, 3.63) is 397 Å². The third kappa shape index (κ3) is 19.9. The zero-order valence-electron chi connectivity index (χ0n) is 56.1. The van der Waals surface area contributed by atoms with Gasteiger partial charge in [0.2, 0.25) is 0 Å². The lowest BCUT2D eigenvalue weighted by atomic mass is 9.70. The molecule has 2 aliphatic carbocycles. The van der Waals surface area contributed by atoms with Crippen LogP contribution >= 0.6 is 0 Å². The summed E-state index contributed by atoms with van der Waals surface area (Å²) in [6.45, 7) is 24.2. The van der Waals surface area contributed by atoms with E-state index in [1.54, 1.807) is 0 Å². The highest BCUT2D eigenvalue weighted by molar-refractivity contribution is 5.98. The van der Waals surface area contributed by atoms with Crippen molar-refractivity contribution in [1.29, 1.82) is 0 Å². The van der Waals surface area contributed by atoms with Gasteiger partial charge >= 0.3 is 0 Å². The van der Waals surface area contributed by atoms with Crippen molar-refractivity contribution in [2.45, 2.75) is 88.5 Å². The smallest absolute Gasteiger partial charge is 0.0683 e. The quantitative estimate of drug-likeness (QED) is 0.144. The molecule has 0 N–H and O–H groups in total. The molecule has 0 fully saturated rings. The maximum absolute atomic E-state index is 2.31. The molecule has 0 saturated heterocycles. The summed E-state index contributed by atoms with van der Waals surface area (Å²) >= 11 is 0. The van der Waals surface area contributed by atoms with Gasteiger partial charge in [0.1, 0.15) is 0 Å². The monoisotopic (exact) mass is 1190 g/mol. The molecule has 0 unspecified atom stereocenters. The Balaban J connectivity index is 0.000000199. The van der Waals surface area contributed by atoms with Gasteiger partial charge in [-0.1, -0.05) is 432 Å². The highest BCUT2D eigenvalue weighted by atomic mass is 14.5. The van der Waals surface area contributed by atoms with Gasteiger partial charge in [0.05, 0.1) is 5.41 Å². The van der Waals surface area contributed by atoms with Crippen LogP contribution in [0.15, 0.2) is 364 Å². The molecule has 0 amide bonds. The molecule has 0 saturated carbocycles. The van der Waals surface area contributed by atoms with Gasteiger partial charge in [-0.2, -0.15) is 0 Å². The van der Waals surface area contributed by atoms with Crippen molar-refractivity contribution >= 4 is 32.3 Å². The molecule has 460 valence electrons. The van der Waals surface area contributed by atoms with E-state index in [1.165, 1.54) is 99.1 Å². The summed E-state index contributed by atoms with van der Waals surface area (Å²) in [5, 5.41) is 7.87. The topological polar surface area (TPSA) is 0 Å². The molecule has 1 spiro atoms. The second-order valence-electron chi connectivity index (χ2n) is 20.0. The fourth-order valence-corrected chi connectivity index (χ4v) is 10.8. The maximum Gasteiger partial charge on any atom is 0.0725 e. The van der Waals surface area contributed by atoms with Crippen molar-refractivity contribution in [3.63, 3.8) is 0 Å². The molecular weight excluding hydrogens is 1090 g/mol. The van der Waals surface area contributed by atoms with E-state index in [0.29, 0.717) is 0 Å². The number of hydrogen-bond acceptors (Lipinski definition) is 0. The van der Waals surface area contributed by atoms with Gasteiger partial charge in [-0.15, -0.1) is 0 Å². The Morgan fingerprint density at radius 3 is 0.538 bits per heavy atom. The van der Waals surface area contributed by atoms with Gasteiger partial charge in [0.25, 0.3) is 0 Å². The highest BCUT2D eigenvalue weighted by Crippen LogP contribution is 2.62. The molecule has 0 aliphatic heterocycles. The molecule has 14 aromatic rings. The molecular formula is C91H96. The van der Waals surface area contributed by atoms with Crippen LogP contribution in [0.5, 0.6) is 0 Å². The number of rotatable bonds is 1. The van der Waals surface area contributed by atoms with Crippen LogP contribution in [0.2, 0.25) is 0 Å². The van der Waals surface area contributed by atoms with Crippen LogP contribution in [0, 0.1) is 13.8 Å². The third-order valence-electron chi connectivity index (χ3n) is 14.6. The van der Waals surface area contributed by atoms with Crippen LogP contribution in [0.3, 0.4) is 0 Å². The first kappa shape index (κ1) is 71.6. The van der Waals surface area contributed by atoms with Crippen molar-refractivity contribution < 1.29 is 0 Å². The van der Waals surface area contributed by atoms with E-state index < -0.39 is 0 Å². The summed E-state index contributed by atoms with van der Waals surface area (Å²) in [6, 6.07) is 127. The molecule has 91 heavy (non-hydrogen) atoms. The van der Waals surface area contributed by atoms with Crippen LogP contribution < -0.4 is 0 Å². The minimum atomic E-state index is -0.180. The average Bonchev–Trinajstić information content (AvgIpc) is 1.52. The van der Waals surface area contributed by atoms with E-state index >= 15 is 0 Å². The normalized spacial score (nSPS) is 10.3. The van der Waals surface area contributed by atoms with Gasteiger partial charge in [-0.05, 0) is 114 Å². The van der Waals surface area contributed by atoms with Crippen LogP contribution in [0.25, 0.3) is 65.7 Å². The largest absolute Gasteiger partial charge is 0.0725 e. The third-order valence-corrected chi connectivity index (χ3v) is 14.6. The predicted molar refractivity (Wildman–Crippen MR) is 406 cm³/mol. The molecule has 16 rings (SSSR count). The summed E-state index contributed by atoms with van der Waals surface area (Å²) in [5.74, 6) is 0. The predicted octanol–water partition coefficient (Wildman–Crippen LogP) is 27.0. The van der Waals surface area contributed by atoms with Gasteiger partial charge in [-0.3, -0.25) is 0 Å². The molecule has 0 heterocycles. The van der Waals surface area contributed by atoms with E-state index in [2.05, 4.69) is 293 Å². The second-order valence-corrected chi connectivity index (χ2v) is 20.0. The minimum absolute atomic E-state index is 0.180. The number of hydrogen-bond donors (Lipinski definition) is 0. The lowest BCUT2D eigenvalue weighted by Crippen LogP contribution is -2.25. The van der Waals surface area contributed by atoms with E-state index in [4.69, 9.17) is 0 Å². The second kappa shape index (κ2) is 41.1. The molecule has 0 atom stereocenters. The first-order valence-electron chi connectivity index (χ1n) is 32.9. The zero-order chi connectivity index (χ0) is 65.3. The summed E-state index contributed by atoms with van der Waals surface area (Å²) in [5.41, 5.74) is 16.1. The summed E-state index contributed by atoms with van der Waals surface area (Å²) < 4.78 is 0. The molecule has 0 nitrogen and oxygen atoms in total. The van der Waals surface area contributed by atoms with Gasteiger partial charge in [0, 0.05) is 0 Å². The van der Waals surface area contributed by atoms with Gasteiger partial charge in [0.15, 0.2) is 0 Å². The molecule has 0 bridgehead atoms. The van der Waals surface area contributed by atoms with E-state index in [-0.39, 0.29) is 5.41 Å². The van der Waals surface area contributed by atoms with Gasteiger partial charge < -0.3 is 0 Å². The van der Waals surface area contributed by atoms with Crippen LogP contribution in [-0.2, 0) is 5.41 Å². The molecule has 0 heteroatoms. The minimum Gasteiger partial charge on any atom is -0.0683 e. The molecule has 14 aromatic carbocycles. The van der Waals surface area contributed by atoms with Crippen LogP contribution in [-0.4, -0.2) is 0 Å². The Bertz CT molecular complexity index is 3710. The Labute approximate surface area is 548 Å². The van der Waals surface area contributed by atoms with Crippen molar-refractivity contribution in [2.75, 3.05) is 0 Å². The lowest BCUT2D eigenvalue weighted by Gasteiger charge is -2.30. The Morgan fingerprint density at radius 1 is 0.165 bits per heavy atom. The van der Waals surface area contributed by atoms with E-state index in [9.17, 15) is 0 Å².